The molecule has 0 radical (unpaired) electrons. The third-order valence-electron chi connectivity index (χ3n) is 4.54. The molecule has 20 heavy (non-hydrogen) atoms. The van der Waals surface area contributed by atoms with Crippen molar-refractivity contribution in [3.8, 4) is 0 Å². The molecule has 3 nitrogen and oxygen atoms in total. The number of fused-ring (bicyclic) bond motifs is 1. The van der Waals surface area contributed by atoms with Crippen LogP contribution in [0.2, 0.25) is 0 Å². The number of hydrogen-bond donors (Lipinski definition) is 1. The fourth-order valence-corrected chi connectivity index (χ4v) is 3.16. The molecule has 3 unspecified atom stereocenters. The van der Waals surface area contributed by atoms with Crippen LogP contribution in [0.3, 0.4) is 0 Å². The molecular weight excluding hydrogens is 250 g/mol. The van der Waals surface area contributed by atoms with Gasteiger partial charge in [-0.05, 0) is 43.2 Å². The Morgan fingerprint density at radius 3 is 2.85 bits per heavy atom. The Kier molecular flexibility index (Phi) is 4.48. The predicted octanol–water partition coefficient (Wildman–Crippen LogP) is 3.34. The molecule has 1 aliphatic carbocycles. The van der Waals surface area contributed by atoms with Gasteiger partial charge >= 0.3 is 5.97 Å². The first-order valence-corrected chi connectivity index (χ1v) is 7.50. The lowest BCUT2D eigenvalue weighted by Crippen LogP contribution is -2.55. The van der Waals surface area contributed by atoms with Crippen LogP contribution in [-0.2, 0) is 15.1 Å². The zero-order valence-corrected chi connectivity index (χ0v) is 12.9. The fourth-order valence-electron chi connectivity index (χ4n) is 3.16. The average molecular weight is 275 g/mol. The van der Waals surface area contributed by atoms with Gasteiger partial charge in [0.2, 0.25) is 0 Å². The molecule has 0 aromatic heterocycles. The van der Waals surface area contributed by atoms with E-state index in [1.165, 1.54) is 12.7 Å². The zero-order valence-electron chi connectivity index (χ0n) is 12.9. The third-order valence-corrected chi connectivity index (χ3v) is 4.54. The fraction of sp³-hybridized carbons (Fsp3) is 0.588. The topological polar surface area (TPSA) is 38.3 Å². The van der Waals surface area contributed by atoms with Crippen LogP contribution in [0.15, 0.2) is 24.3 Å². The summed E-state index contributed by atoms with van der Waals surface area (Å²) in [7, 11) is 1.48. The van der Waals surface area contributed by atoms with Crippen LogP contribution in [0.4, 0.5) is 0 Å². The Balaban J connectivity index is 2.52. The van der Waals surface area contributed by atoms with Crippen LogP contribution in [-0.4, -0.2) is 19.1 Å². The first-order chi connectivity index (χ1) is 9.55. The summed E-state index contributed by atoms with van der Waals surface area (Å²) in [6.45, 7) is 6.47. The number of benzene rings is 1. The molecule has 3 atom stereocenters. The molecule has 0 aliphatic heterocycles. The van der Waals surface area contributed by atoms with E-state index >= 15 is 0 Å². The number of methoxy groups -OCH3 is 1. The van der Waals surface area contributed by atoms with Crippen LogP contribution in [0.5, 0.6) is 0 Å². The largest absolute Gasteiger partial charge is 0.467 e. The van der Waals surface area contributed by atoms with E-state index < -0.39 is 5.54 Å². The van der Waals surface area contributed by atoms with Gasteiger partial charge in [-0.2, -0.15) is 0 Å². The number of carbonyl (C=O) groups excluding carboxylic acids is 1. The van der Waals surface area contributed by atoms with Gasteiger partial charge < -0.3 is 4.74 Å². The normalized spacial score (nSPS) is 26.7. The standard InChI is InChI=1S/C17H25NO2/c1-5-13(3)18-17(16(19)20-4)11-10-12(2)14-8-6-7-9-15(14)17/h6-9,12-13,18H,5,10-11H2,1-4H3. The van der Waals surface area contributed by atoms with Crippen molar-refractivity contribution in [2.75, 3.05) is 7.11 Å². The maximum absolute atomic E-state index is 12.5. The van der Waals surface area contributed by atoms with Gasteiger partial charge in [0.05, 0.1) is 7.11 Å². The minimum absolute atomic E-state index is 0.169. The Bertz CT molecular complexity index is 486. The predicted molar refractivity (Wildman–Crippen MR) is 80.7 cm³/mol. The SMILES string of the molecule is CCC(C)NC1(C(=O)OC)CCC(C)c2ccccc21. The molecule has 1 aliphatic rings. The summed E-state index contributed by atoms with van der Waals surface area (Å²) in [5, 5.41) is 3.53. The Morgan fingerprint density at radius 2 is 2.20 bits per heavy atom. The van der Waals surface area contributed by atoms with Crippen molar-refractivity contribution < 1.29 is 9.53 Å². The average Bonchev–Trinajstić information content (AvgIpc) is 2.49. The molecule has 0 fully saturated rings. The Labute approximate surface area is 121 Å². The van der Waals surface area contributed by atoms with E-state index in [1.807, 2.05) is 12.1 Å². The molecule has 1 aromatic rings. The molecule has 3 heteroatoms. The summed E-state index contributed by atoms with van der Waals surface area (Å²) < 4.78 is 5.13. The van der Waals surface area contributed by atoms with Crippen molar-refractivity contribution >= 4 is 5.97 Å². The quantitative estimate of drug-likeness (QED) is 0.856. The molecule has 0 spiro atoms. The van der Waals surface area contributed by atoms with Gasteiger partial charge in [0.15, 0.2) is 0 Å². The number of ether oxygens (including phenoxy) is 1. The van der Waals surface area contributed by atoms with E-state index in [9.17, 15) is 4.79 Å². The first kappa shape index (κ1) is 15.0. The molecule has 0 bridgehead atoms. The summed E-state index contributed by atoms with van der Waals surface area (Å²) in [5.74, 6) is 0.319. The first-order valence-electron chi connectivity index (χ1n) is 7.50. The molecule has 1 N–H and O–H groups in total. The molecule has 0 saturated heterocycles. The molecule has 1 aromatic carbocycles. The molecule has 110 valence electrons. The smallest absolute Gasteiger partial charge is 0.330 e. The van der Waals surface area contributed by atoms with E-state index in [0.29, 0.717) is 5.92 Å². The summed E-state index contributed by atoms with van der Waals surface area (Å²) in [5.41, 5.74) is 1.67. The van der Waals surface area contributed by atoms with E-state index in [0.717, 1.165) is 24.8 Å². The summed E-state index contributed by atoms with van der Waals surface area (Å²) in [6, 6.07) is 8.53. The monoisotopic (exact) mass is 275 g/mol. The third kappa shape index (κ3) is 2.47. The van der Waals surface area contributed by atoms with Gasteiger partial charge in [-0.25, -0.2) is 4.79 Å². The van der Waals surface area contributed by atoms with Gasteiger partial charge in [0.1, 0.15) is 5.54 Å². The molecule has 0 heterocycles. The van der Waals surface area contributed by atoms with Crippen LogP contribution in [0.1, 0.15) is 57.1 Å². The van der Waals surface area contributed by atoms with Gasteiger partial charge in [0, 0.05) is 6.04 Å². The van der Waals surface area contributed by atoms with Crippen LogP contribution in [0, 0.1) is 0 Å². The minimum Gasteiger partial charge on any atom is -0.467 e. The van der Waals surface area contributed by atoms with Gasteiger partial charge in [-0.3, -0.25) is 5.32 Å². The highest BCUT2D eigenvalue weighted by molar-refractivity contribution is 5.83. The lowest BCUT2D eigenvalue weighted by atomic mass is 9.72. The summed E-state index contributed by atoms with van der Waals surface area (Å²) in [6.07, 6.45) is 2.77. The highest BCUT2D eigenvalue weighted by Gasteiger charge is 2.46. The Hall–Kier alpha value is -1.35. The number of nitrogens with one attached hydrogen (secondary N) is 1. The maximum atomic E-state index is 12.5. The highest BCUT2D eigenvalue weighted by Crippen LogP contribution is 2.42. The molecular formula is C17H25NO2. The van der Waals surface area contributed by atoms with Crippen molar-refractivity contribution in [1.29, 1.82) is 0 Å². The van der Waals surface area contributed by atoms with E-state index in [4.69, 9.17) is 4.74 Å². The van der Waals surface area contributed by atoms with Crippen molar-refractivity contribution in [3.05, 3.63) is 35.4 Å². The maximum Gasteiger partial charge on any atom is 0.330 e. The van der Waals surface area contributed by atoms with Crippen molar-refractivity contribution in [2.45, 2.75) is 57.5 Å². The zero-order chi connectivity index (χ0) is 14.8. The Morgan fingerprint density at radius 1 is 1.50 bits per heavy atom. The number of esters is 1. The van der Waals surface area contributed by atoms with Gasteiger partial charge in [-0.15, -0.1) is 0 Å². The summed E-state index contributed by atoms with van der Waals surface area (Å²) >= 11 is 0. The highest BCUT2D eigenvalue weighted by atomic mass is 16.5. The molecule has 0 amide bonds. The molecule has 0 saturated carbocycles. The second kappa shape index (κ2) is 5.96. The lowest BCUT2D eigenvalue weighted by molar-refractivity contribution is -0.150. The van der Waals surface area contributed by atoms with Gasteiger partial charge in [-0.1, -0.05) is 38.1 Å². The lowest BCUT2D eigenvalue weighted by Gasteiger charge is -2.41. The minimum atomic E-state index is -0.687. The van der Waals surface area contributed by atoms with Crippen LogP contribution >= 0.6 is 0 Å². The molecule has 2 rings (SSSR count). The van der Waals surface area contributed by atoms with Crippen molar-refractivity contribution in [3.63, 3.8) is 0 Å². The van der Waals surface area contributed by atoms with Crippen molar-refractivity contribution in [1.82, 2.24) is 5.32 Å². The number of hydrogen-bond acceptors (Lipinski definition) is 3. The number of rotatable bonds is 4. The van der Waals surface area contributed by atoms with E-state index in [2.05, 4.69) is 38.2 Å². The summed E-state index contributed by atoms with van der Waals surface area (Å²) in [4.78, 5) is 12.5. The number of carbonyl (C=O) groups is 1. The van der Waals surface area contributed by atoms with E-state index in [-0.39, 0.29) is 12.0 Å². The van der Waals surface area contributed by atoms with E-state index in [1.54, 1.807) is 0 Å². The van der Waals surface area contributed by atoms with Crippen molar-refractivity contribution in [2.24, 2.45) is 0 Å². The van der Waals surface area contributed by atoms with Crippen LogP contribution in [0.25, 0.3) is 0 Å². The second-order valence-electron chi connectivity index (χ2n) is 5.88. The van der Waals surface area contributed by atoms with Gasteiger partial charge in [0.25, 0.3) is 0 Å². The second-order valence-corrected chi connectivity index (χ2v) is 5.88. The van der Waals surface area contributed by atoms with Crippen LogP contribution < -0.4 is 5.32 Å².